The molecule has 0 aliphatic carbocycles. The van der Waals surface area contributed by atoms with Crippen molar-refractivity contribution >= 4 is 44.7 Å². The highest BCUT2D eigenvalue weighted by atomic mass is 32.2. The van der Waals surface area contributed by atoms with Gasteiger partial charge in [0, 0.05) is 17.4 Å². The van der Waals surface area contributed by atoms with Gasteiger partial charge in [0.2, 0.25) is 10.0 Å². The van der Waals surface area contributed by atoms with Crippen LogP contribution in [0.5, 0.6) is 5.75 Å². The second kappa shape index (κ2) is 11.0. The first kappa shape index (κ1) is 27.2. The van der Waals surface area contributed by atoms with Crippen LogP contribution >= 0.6 is 12.2 Å². The van der Waals surface area contributed by atoms with Gasteiger partial charge in [0.25, 0.3) is 0 Å². The summed E-state index contributed by atoms with van der Waals surface area (Å²) in [5.74, 6) is 0.896. The molecule has 2 aromatic heterocycles. The number of thiocarbonyl (C=S) groups is 1. The van der Waals surface area contributed by atoms with E-state index in [1.165, 1.54) is 14.2 Å². The lowest BCUT2D eigenvalue weighted by molar-refractivity contribution is 0.0601. The molecule has 0 amide bonds. The van der Waals surface area contributed by atoms with Crippen LogP contribution in [0.3, 0.4) is 0 Å². The first-order valence-corrected chi connectivity index (χ1v) is 14.4. The Morgan fingerprint density at radius 1 is 1.07 bits per heavy atom. The Morgan fingerprint density at radius 3 is 2.55 bits per heavy atom. The fraction of sp³-hybridized carbons (Fsp3) is 0.179. The van der Waals surface area contributed by atoms with E-state index < -0.39 is 28.1 Å². The van der Waals surface area contributed by atoms with E-state index in [-0.39, 0.29) is 5.69 Å². The van der Waals surface area contributed by atoms with Crippen LogP contribution in [0.25, 0.3) is 11.3 Å². The molecule has 1 saturated heterocycles. The summed E-state index contributed by atoms with van der Waals surface area (Å²) < 4.78 is 43.3. The van der Waals surface area contributed by atoms with Crippen LogP contribution < -0.4 is 19.7 Å². The number of ether oxygens (including phenoxy) is 2. The van der Waals surface area contributed by atoms with E-state index in [4.69, 9.17) is 26.1 Å². The van der Waals surface area contributed by atoms with E-state index in [1.54, 1.807) is 48.7 Å². The number of hydrogen-bond donors (Lipinski definition) is 2. The zero-order valence-electron chi connectivity index (χ0n) is 21.8. The molecule has 40 heavy (non-hydrogen) atoms. The number of pyridine rings is 1. The molecule has 2 aromatic carbocycles. The van der Waals surface area contributed by atoms with Gasteiger partial charge >= 0.3 is 5.97 Å². The van der Waals surface area contributed by atoms with Gasteiger partial charge in [-0.05, 0) is 60.7 Å². The van der Waals surface area contributed by atoms with Gasteiger partial charge in [0.15, 0.2) is 5.11 Å². The van der Waals surface area contributed by atoms with Gasteiger partial charge in [0.1, 0.15) is 23.3 Å². The number of sulfonamides is 1. The van der Waals surface area contributed by atoms with Crippen LogP contribution in [0.1, 0.15) is 33.9 Å². The number of furan rings is 1. The van der Waals surface area contributed by atoms with Crippen molar-refractivity contribution in [3.05, 3.63) is 96.0 Å². The summed E-state index contributed by atoms with van der Waals surface area (Å²) in [4.78, 5) is 18.8. The van der Waals surface area contributed by atoms with Crippen molar-refractivity contribution in [1.29, 1.82) is 0 Å². The molecular formula is C28H26N4O6S2. The zero-order valence-corrected chi connectivity index (χ0v) is 23.5. The molecule has 206 valence electrons. The van der Waals surface area contributed by atoms with Crippen LogP contribution in [-0.4, -0.2) is 45.0 Å². The normalized spacial score (nSPS) is 16.9. The Hall–Kier alpha value is -4.42. The number of anilines is 2. The molecule has 1 fully saturated rings. The lowest BCUT2D eigenvalue weighted by Crippen LogP contribution is -2.29. The van der Waals surface area contributed by atoms with Crippen LogP contribution in [-0.2, 0) is 14.8 Å². The van der Waals surface area contributed by atoms with Gasteiger partial charge in [0.05, 0.1) is 43.5 Å². The van der Waals surface area contributed by atoms with Gasteiger partial charge < -0.3 is 24.1 Å². The standard InChI is InChI=1S/C28H26N4O6S2/c1-36-23-12-11-17(16-21(23)31-40(3,34)35)32-26(25(30-28(32)39)20-10-6-7-15-29-20)24-14-13-22(38-24)18-8-4-5-9-19(18)27(33)37-2/h4-16,25-26,31H,1-3H3,(H,30,39). The van der Waals surface area contributed by atoms with Gasteiger partial charge in [-0.25, -0.2) is 13.2 Å². The lowest BCUT2D eigenvalue weighted by Gasteiger charge is -2.27. The highest BCUT2D eigenvalue weighted by molar-refractivity contribution is 7.92. The Morgan fingerprint density at radius 2 is 1.85 bits per heavy atom. The fourth-order valence-electron chi connectivity index (χ4n) is 4.69. The van der Waals surface area contributed by atoms with E-state index in [0.717, 1.165) is 11.9 Å². The van der Waals surface area contributed by atoms with Crippen molar-refractivity contribution in [3.63, 3.8) is 0 Å². The third-order valence-electron chi connectivity index (χ3n) is 6.37. The Balaban J connectivity index is 1.63. The number of methoxy groups -OCH3 is 2. The monoisotopic (exact) mass is 578 g/mol. The van der Waals surface area contributed by atoms with Crippen LogP contribution in [0, 0.1) is 0 Å². The van der Waals surface area contributed by atoms with E-state index in [2.05, 4.69) is 15.0 Å². The van der Waals surface area contributed by atoms with Gasteiger partial charge in [-0.15, -0.1) is 0 Å². The van der Waals surface area contributed by atoms with Crippen molar-refractivity contribution < 1.29 is 27.1 Å². The van der Waals surface area contributed by atoms with E-state index >= 15 is 0 Å². The van der Waals surface area contributed by atoms with Gasteiger partial charge in [-0.1, -0.05) is 24.3 Å². The zero-order chi connectivity index (χ0) is 28.4. The molecule has 10 nitrogen and oxygen atoms in total. The predicted molar refractivity (Wildman–Crippen MR) is 155 cm³/mol. The molecule has 1 aliphatic rings. The summed E-state index contributed by atoms with van der Waals surface area (Å²) in [5, 5.41) is 3.73. The Bertz CT molecular complexity index is 1670. The van der Waals surface area contributed by atoms with E-state index in [1.807, 2.05) is 35.2 Å². The second-order valence-electron chi connectivity index (χ2n) is 8.99. The largest absolute Gasteiger partial charge is 0.495 e. The van der Waals surface area contributed by atoms with Crippen molar-refractivity contribution in [2.24, 2.45) is 0 Å². The van der Waals surface area contributed by atoms with Crippen molar-refractivity contribution in [3.8, 4) is 17.1 Å². The van der Waals surface area contributed by atoms with Gasteiger partial charge in [-0.3, -0.25) is 9.71 Å². The molecule has 0 saturated carbocycles. The maximum absolute atomic E-state index is 12.4. The SMILES string of the molecule is COC(=O)c1ccccc1-c1ccc(C2C(c3ccccn3)NC(=S)N2c2ccc(OC)c(NS(C)(=O)=O)c2)o1. The quantitative estimate of drug-likeness (QED) is 0.225. The summed E-state index contributed by atoms with van der Waals surface area (Å²) in [5.41, 5.74) is 2.54. The number of hydrogen-bond acceptors (Lipinski definition) is 8. The predicted octanol–water partition coefficient (Wildman–Crippen LogP) is 4.69. The molecule has 5 rings (SSSR count). The summed E-state index contributed by atoms with van der Waals surface area (Å²) in [6.07, 6.45) is 2.76. The number of rotatable bonds is 8. The Kier molecular flexibility index (Phi) is 7.46. The molecule has 2 unspecified atom stereocenters. The minimum absolute atomic E-state index is 0.262. The molecule has 0 bridgehead atoms. The number of carbonyl (C=O) groups is 1. The molecule has 12 heteroatoms. The molecule has 1 aliphatic heterocycles. The maximum Gasteiger partial charge on any atom is 0.338 e. The van der Waals surface area contributed by atoms with Crippen LogP contribution in [0.4, 0.5) is 11.4 Å². The van der Waals surface area contributed by atoms with Gasteiger partial charge in [-0.2, -0.15) is 0 Å². The van der Waals surface area contributed by atoms with E-state index in [9.17, 15) is 13.2 Å². The molecular weight excluding hydrogens is 552 g/mol. The van der Waals surface area contributed by atoms with Crippen molar-refractivity contribution in [2.45, 2.75) is 12.1 Å². The summed E-state index contributed by atoms with van der Waals surface area (Å²) in [6.45, 7) is 0. The number of esters is 1. The first-order valence-electron chi connectivity index (χ1n) is 12.1. The number of aromatic nitrogens is 1. The maximum atomic E-state index is 12.4. The third-order valence-corrected chi connectivity index (χ3v) is 7.28. The number of nitrogens with zero attached hydrogens (tertiary/aromatic N) is 2. The molecule has 3 heterocycles. The third kappa shape index (κ3) is 5.36. The van der Waals surface area contributed by atoms with Crippen molar-refractivity contribution in [1.82, 2.24) is 10.3 Å². The molecule has 4 aromatic rings. The van der Waals surface area contributed by atoms with Crippen molar-refractivity contribution in [2.75, 3.05) is 30.1 Å². The topological polar surface area (TPSA) is 123 Å². The summed E-state index contributed by atoms with van der Waals surface area (Å²) in [7, 11) is -0.799. The number of nitrogens with one attached hydrogen (secondary N) is 2. The molecule has 2 N–H and O–H groups in total. The van der Waals surface area contributed by atoms with Crippen LogP contribution in [0.2, 0.25) is 0 Å². The minimum Gasteiger partial charge on any atom is -0.495 e. The number of benzene rings is 2. The minimum atomic E-state index is -3.59. The molecule has 0 radical (unpaired) electrons. The van der Waals surface area contributed by atoms with Crippen LogP contribution in [0.15, 0.2) is 83.4 Å². The highest BCUT2D eigenvalue weighted by Gasteiger charge is 2.43. The smallest absolute Gasteiger partial charge is 0.338 e. The van der Waals surface area contributed by atoms with E-state index in [0.29, 0.717) is 39.2 Å². The lowest BCUT2D eigenvalue weighted by atomic mass is 10.0. The Labute approximate surface area is 237 Å². The fourth-order valence-corrected chi connectivity index (χ4v) is 5.59. The second-order valence-corrected chi connectivity index (χ2v) is 11.1. The molecule has 0 spiro atoms. The summed E-state index contributed by atoms with van der Waals surface area (Å²) in [6, 6.07) is 20.4. The average Bonchev–Trinajstić information content (AvgIpc) is 3.56. The average molecular weight is 579 g/mol. The molecule has 2 atom stereocenters. The number of carbonyl (C=O) groups excluding carboxylic acids is 1. The first-order chi connectivity index (χ1) is 19.2. The summed E-state index contributed by atoms with van der Waals surface area (Å²) >= 11 is 5.78. The highest BCUT2D eigenvalue weighted by Crippen LogP contribution is 2.44.